The van der Waals surface area contributed by atoms with Gasteiger partial charge in [0.1, 0.15) is 0 Å². The summed E-state index contributed by atoms with van der Waals surface area (Å²) in [6, 6.07) is 9.57. The Morgan fingerprint density at radius 3 is 2.37 bits per heavy atom. The van der Waals surface area contributed by atoms with Crippen molar-refractivity contribution < 1.29 is 29.3 Å². The molecule has 264 valence electrons. The zero-order chi connectivity index (χ0) is 35.0. The Hall–Kier alpha value is -2.94. The Balaban J connectivity index is 1.24. The van der Waals surface area contributed by atoms with Gasteiger partial charge in [-0.25, -0.2) is 0 Å². The van der Waals surface area contributed by atoms with E-state index in [-0.39, 0.29) is 53.4 Å². The Bertz CT molecular complexity index is 1710. The highest BCUT2D eigenvalue weighted by Gasteiger charge is 2.74. The van der Waals surface area contributed by atoms with Crippen LogP contribution in [0.4, 0.5) is 0 Å². The monoisotopic (exact) mass is 687 g/mol. The lowest BCUT2D eigenvalue weighted by Crippen LogP contribution is -2.67. The zero-order valence-electron chi connectivity index (χ0n) is 30.0. The van der Waals surface area contributed by atoms with E-state index in [1.54, 1.807) is 25.6 Å². The minimum Gasteiger partial charge on any atom is -0.493 e. The van der Waals surface area contributed by atoms with Crippen molar-refractivity contribution in [1.29, 1.82) is 0 Å². The lowest BCUT2D eigenvalue weighted by atomic mass is 9.32. The van der Waals surface area contributed by atoms with Crippen LogP contribution in [0.15, 0.2) is 54.1 Å². The van der Waals surface area contributed by atoms with E-state index in [4.69, 9.17) is 9.47 Å². The van der Waals surface area contributed by atoms with Crippen molar-refractivity contribution >= 4 is 23.0 Å². The minimum atomic E-state index is -1.10. The standard InChI is InChI=1S/C41H53NO6S/c1-7-20-42(35(44)22-27-9-10-30(47-5)31(21-27)48-6)25-40(46)17-14-34-38(40,4)16-13-33-37(3)15-12-28(43)23-39(37)18-19-41(33,34)29(24-39)36(45)32-11-8-26(2)49-32/h8-11,18-19,21,24,28,33-34,43,46H,7,12-17,20,22-23,25H2,1-6H3/t28?,33-,34-,37-,38+,39+,40-,41-/m1/s1. The average molecular weight is 688 g/mol. The number of nitrogens with zero attached hydrogens (tertiary/aromatic N) is 1. The summed E-state index contributed by atoms with van der Waals surface area (Å²) in [5, 5.41) is 23.9. The van der Waals surface area contributed by atoms with Crippen molar-refractivity contribution in [3.63, 3.8) is 0 Å². The predicted molar refractivity (Wildman–Crippen MR) is 192 cm³/mol. The summed E-state index contributed by atoms with van der Waals surface area (Å²) in [6.07, 6.45) is 13.1. The topological polar surface area (TPSA) is 96.3 Å². The molecule has 7 nitrogen and oxygen atoms in total. The number of fused-ring (bicyclic) bond motifs is 1. The lowest BCUT2D eigenvalue weighted by molar-refractivity contribution is -0.178. The summed E-state index contributed by atoms with van der Waals surface area (Å²) in [5.41, 5.74) is -0.833. The molecule has 1 heterocycles. The van der Waals surface area contributed by atoms with Crippen LogP contribution in [0, 0.1) is 40.4 Å². The van der Waals surface area contributed by atoms with Gasteiger partial charge in [0, 0.05) is 39.8 Å². The number of amides is 1. The lowest BCUT2D eigenvalue weighted by Gasteiger charge is -2.71. The van der Waals surface area contributed by atoms with Crippen molar-refractivity contribution in [2.24, 2.45) is 33.5 Å². The fourth-order valence-corrected chi connectivity index (χ4v) is 12.3. The molecule has 49 heavy (non-hydrogen) atoms. The highest BCUT2D eigenvalue weighted by atomic mass is 32.1. The molecule has 2 spiro atoms. The summed E-state index contributed by atoms with van der Waals surface area (Å²) in [7, 11) is 3.19. The molecule has 3 saturated carbocycles. The van der Waals surface area contributed by atoms with Gasteiger partial charge >= 0.3 is 0 Å². The number of ketones is 1. The number of thiophene rings is 1. The van der Waals surface area contributed by atoms with Crippen LogP contribution >= 0.6 is 11.3 Å². The molecule has 1 aromatic carbocycles. The third kappa shape index (κ3) is 4.94. The normalized spacial score (nSPS) is 37.1. The number of hydrogen-bond donors (Lipinski definition) is 2. The number of ether oxygens (including phenoxy) is 2. The number of aliphatic hydroxyl groups is 2. The quantitative estimate of drug-likeness (QED) is 0.201. The molecule has 1 aromatic heterocycles. The van der Waals surface area contributed by atoms with Gasteiger partial charge in [-0.15, -0.1) is 11.3 Å². The maximum absolute atomic E-state index is 14.7. The number of benzene rings is 1. The molecule has 6 aliphatic rings. The number of carbonyl (C=O) groups is 2. The Morgan fingerprint density at radius 1 is 0.959 bits per heavy atom. The van der Waals surface area contributed by atoms with E-state index in [0.717, 1.165) is 59.4 Å². The van der Waals surface area contributed by atoms with Crippen LogP contribution in [0.3, 0.4) is 0 Å². The third-order valence-corrected chi connectivity index (χ3v) is 15.0. The average Bonchev–Trinajstić information content (AvgIpc) is 3.63. The smallest absolute Gasteiger partial charge is 0.227 e. The van der Waals surface area contributed by atoms with Gasteiger partial charge in [-0.05, 0) is 105 Å². The second kappa shape index (κ2) is 12.1. The van der Waals surface area contributed by atoms with Crippen LogP contribution in [0.2, 0.25) is 0 Å². The number of aliphatic hydroxyl groups excluding tert-OH is 1. The second-order valence-electron chi connectivity index (χ2n) is 16.2. The third-order valence-electron chi connectivity index (χ3n) is 14.0. The molecule has 3 fully saturated rings. The molecule has 0 saturated heterocycles. The Labute approximate surface area is 295 Å². The number of carbonyl (C=O) groups excluding carboxylic acids is 2. The van der Waals surface area contributed by atoms with E-state index in [0.29, 0.717) is 30.9 Å². The van der Waals surface area contributed by atoms with Gasteiger partial charge in [-0.3, -0.25) is 9.59 Å². The van der Waals surface area contributed by atoms with Gasteiger partial charge in [0.15, 0.2) is 17.3 Å². The van der Waals surface area contributed by atoms with Crippen LogP contribution in [-0.4, -0.2) is 65.8 Å². The van der Waals surface area contributed by atoms with E-state index < -0.39 is 16.4 Å². The molecule has 0 radical (unpaired) electrons. The van der Waals surface area contributed by atoms with E-state index in [2.05, 4.69) is 39.0 Å². The highest BCUT2D eigenvalue weighted by molar-refractivity contribution is 7.14. The van der Waals surface area contributed by atoms with Gasteiger partial charge in [-0.2, -0.15) is 0 Å². The van der Waals surface area contributed by atoms with Crippen molar-refractivity contribution in [2.75, 3.05) is 27.3 Å². The van der Waals surface area contributed by atoms with Gasteiger partial charge in [0.2, 0.25) is 5.91 Å². The molecular formula is C41H53NO6S. The molecule has 2 bridgehead atoms. The summed E-state index contributed by atoms with van der Waals surface area (Å²) in [4.78, 5) is 32.4. The van der Waals surface area contributed by atoms with E-state index in [1.807, 2.05) is 42.2 Å². The summed E-state index contributed by atoms with van der Waals surface area (Å²) >= 11 is 1.55. The molecule has 1 unspecified atom stereocenters. The van der Waals surface area contributed by atoms with Gasteiger partial charge in [0.05, 0.1) is 37.2 Å². The first-order chi connectivity index (χ1) is 23.3. The fourth-order valence-electron chi connectivity index (χ4n) is 11.4. The molecule has 8 rings (SSSR count). The first kappa shape index (κ1) is 34.5. The summed E-state index contributed by atoms with van der Waals surface area (Å²) in [5.74, 6) is 1.58. The number of aryl methyl sites for hydroxylation is 1. The predicted octanol–water partition coefficient (Wildman–Crippen LogP) is 7.33. The van der Waals surface area contributed by atoms with Gasteiger partial charge in [-0.1, -0.05) is 45.1 Å². The van der Waals surface area contributed by atoms with E-state index in [1.165, 1.54) is 0 Å². The minimum absolute atomic E-state index is 0.0153. The first-order valence-electron chi connectivity index (χ1n) is 18.2. The van der Waals surface area contributed by atoms with Crippen molar-refractivity contribution in [2.45, 2.75) is 97.2 Å². The summed E-state index contributed by atoms with van der Waals surface area (Å²) in [6.45, 7) is 9.60. The molecule has 8 atom stereocenters. The van der Waals surface area contributed by atoms with E-state index in [9.17, 15) is 19.8 Å². The van der Waals surface area contributed by atoms with Crippen LogP contribution in [0.25, 0.3) is 0 Å². The Kier molecular flexibility index (Phi) is 8.51. The molecule has 0 aliphatic heterocycles. The largest absolute Gasteiger partial charge is 0.493 e. The SMILES string of the molecule is CCCN(C[C@]1(O)CC[C@H]2[C@]34C=C[C@@]5(C=C3C(=O)c3ccc(C)s3)CC(O)CC[C@]5(C)[C@H]4CC[C@@]21C)C(=O)Cc1ccc(OC)c(OC)c1. The van der Waals surface area contributed by atoms with Crippen molar-refractivity contribution in [1.82, 2.24) is 4.90 Å². The second-order valence-corrected chi connectivity index (χ2v) is 17.5. The number of Topliss-reactive ketones (excluding diaryl/α,β-unsaturated/α-hetero) is 1. The zero-order valence-corrected chi connectivity index (χ0v) is 30.8. The van der Waals surface area contributed by atoms with Crippen molar-refractivity contribution in [3.8, 4) is 11.5 Å². The number of methoxy groups -OCH3 is 2. The van der Waals surface area contributed by atoms with Gasteiger partial charge < -0.3 is 24.6 Å². The molecule has 2 N–H and O–H groups in total. The molecular weight excluding hydrogens is 635 g/mol. The molecule has 6 aliphatic carbocycles. The van der Waals surface area contributed by atoms with Gasteiger partial charge in [0.25, 0.3) is 0 Å². The number of allylic oxidation sites excluding steroid dienone is 4. The van der Waals surface area contributed by atoms with E-state index >= 15 is 0 Å². The highest BCUT2D eigenvalue weighted by Crippen LogP contribution is 2.78. The summed E-state index contributed by atoms with van der Waals surface area (Å²) < 4.78 is 10.9. The molecule has 8 heteroatoms. The van der Waals surface area contributed by atoms with Crippen molar-refractivity contribution in [3.05, 3.63) is 69.5 Å². The molecule has 1 amide bonds. The fraction of sp³-hybridized carbons (Fsp3) is 0.610. The van der Waals surface area contributed by atoms with Crippen LogP contribution in [0.5, 0.6) is 11.5 Å². The maximum Gasteiger partial charge on any atom is 0.227 e. The van der Waals surface area contributed by atoms with Crippen LogP contribution in [0.1, 0.15) is 92.3 Å². The number of hydrogen-bond acceptors (Lipinski definition) is 7. The maximum atomic E-state index is 14.7. The van der Waals surface area contributed by atoms with Crippen LogP contribution in [-0.2, 0) is 11.2 Å². The first-order valence-corrected chi connectivity index (χ1v) is 19.1. The molecule has 2 aromatic rings. The number of rotatable bonds is 10. The van der Waals surface area contributed by atoms with Crippen LogP contribution < -0.4 is 9.47 Å². The Morgan fingerprint density at radius 2 is 1.67 bits per heavy atom.